The van der Waals surface area contributed by atoms with Crippen molar-refractivity contribution in [2.24, 2.45) is 7.05 Å². The van der Waals surface area contributed by atoms with Crippen molar-refractivity contribution in [3.8, 4) is 22.6 Å². The maximum Gasteiger partial charge on any atom is 0.354 e. The molecule has 0 unspecified atom stereocenters. The molecule has 0 bridgehead atoms. The van der Waals surface area contributed by atoms with Gasteiger partial charge in [0.15, 0.2) is 0 Å². The molecule has 0 amide bonds. The lowest BCUT2D eigenvalue weighted by molar-refractivity contribution is 0.0587. The van der Waals surface area contributed by atoms with Crippen LogP contribution in [0.1, 0.15) is 40.3 Å². The highest BCUT2D eigenvalue weighted by Crippen LogP contribution is 2.40. The molecule has 1 saturated heterocycles. The fourth-order valence-corrected chi connectivity index (χ4v) is 9.69. The topological polar surface area (TPSA) is 115 Å². The van der Waals surface area contributed by atoms with Gasteiger partial charge in [0.05, 0.1) is 24.9 Å². The van der Waals surface area contributed by atoms with Gasteiger partial charge in [-0.3, -0.25) is 4.68 Å². The Morgan fingerprint density at radius 1 is 0.831 bits per heavy atom. The fraction of sp³-hybridized carbons (Fsp3) is 0.378. The van der Waals surface area contributed by atoms with Crippen molar-refractivity contribution in [3.63, 3.8) is 0 Å². The predicted molar refractivity (Wildman–Crippen MR) is 231 cm³/mol. The second kappa shape index (κ2) is 17.1. The molecule has 4 heterocycles. The van der Waals surface area contributed by atoms with Crippen molar-refractivity contribution in [3.05, 3.63) is 108 Å². The largest absolute Gasteiger partial charge is 0.493 e. The quantitative estimate of drug-likeness (QED) is 0.103. The van der Waals surface area contributed by atoms with Crippen LogP contribution in [0.4, 0.5) is 5.69 Å². The Hall–Kier alpha value is -5.41. The Labute approximate surface area is 346 Å². The summed E-state index contributed by atoms with van der Waals surface area (Å²) in [5, 5.41) is 8.29. The number of piperazine rings is 1. The molecule has 0 N–H and O–H groups in total. The van der Waals surface area contributed by atoms with Crippen LogP contribution in [0.15, 0.2) is 84.9 Å². The Morgan fingerprint density at radius 2 is 1.56 bits per heavy atom. The van der Waals surface area contributed by atoms with Gasteiger partial charge >= 0.3 is 5.97 Å². The molecule has 2 aliphatic heterocycles. The first kappa shape index (κ1) is 40.4. The molecule has 0 spiro atoms. The van der Waals surface area contributed by atoms with Crippen molar-refractivity contribution in [1.29, 1.82) is 0 Å². The summed E-state index contributed by atoms with van der Waals surface area (Å²) in [6.07, 6.45) is 2.20. The number of carbonyl (C=O) groups is 1. The molecule has 0 saturated carbocycles. The monoisotopic (exact) mass is 819 g/mol. The molecule has 2 aliphatic rings. The van der Waals surface area contributed by atoms with E-state index in [1.54, 1.807) is 14.1 Å². The minimum absolute atomic E-state index is 0.243. The highest BCUT2D eigenvalue weighted by molar-refractivity contribution is 7.86. The van der Waals surface area contributed by atoms with E-state index in [1.165, 1.54) is 15.7 Å². The number of carbonyl (C=O) groups excluding carboxylic acids is 1. The summed E-state index contributed by atoms with van der Waals surface area (Å²) < 4.78 is 50.4. The van der Waals surface area contributed by atoms with Gasteiger partial charge in [0.25, 0.3) is 10.2 Å². The number of aromatic nitrogens is 3. The van der Waals surface area contributed by atoms with E-state index in [0.29, 0.717) is 70.2 Å². The molecule has 8 rings (SSSR count). The number of fused-ring (bicyclic) bond motifs is 3. The second-order valence-electron chi connectivity index (χ2n) is 15.5. The van der Waals surface area contributed by atoms with Gasteiger partial charge in [-0.2, -0.15) is 22.1 Å². The van der Waals surface area contributed by atoms with E-state index in [2.05, 4.69) is 57.8 Å². The maximum atomic E-state index is 13.8. The molecule has 1 fully saturated rings. The van der Waals surface area contributed by atoms with Gasteiger partial charge in [-0.15, -0.1) is 0 Å². The molecule has 0 aliphatic carbocycles. The Kier molecular flexibility index (Phi) is 11.7. The van der Waals surface area contributed by atoms with Crippen LogP contribution in [-0.4, -0.2) is 110 Å². The van der Waals surface area contributed by atoms with Gasteiger partial charge in [0.2, 0.25) is 0 Å². The molecule has 6 aromatic rings. The lowest BCUT2D eigenvalue weighted by Gasteiger charge is -2.36. The number of esters is 1. The van der Waals surface area contributed by atoms with Crippen molar-refractivity contribution in [2.75, 3.05) is 72.5 Å². The van der Waals surface area contributed by atoms with Crippen LogP contribution in [0.2, 0.25) is 0 Å². The van der Waals surface area contributed by atoms with E-state index in [1.807, 2.05) is 60.3 Å². The van der Waals surface area contributed by atoms with E-state index in [0.717, 1.165) is 74.2 Å². The van der Waals surface area contributed by atoms with Gasteiger partial charge in [0, 0.05) is 88.0 Å². The molecular weight excluding hydrogens is 767 g/mol. The van der Waals surface area contributed by atoms with Crippen LogP contribution in [0.5, 0.6) is 11.5 Å². The number of aryl methyl sites for hydroxylation is 3. The van der Waals surface area contributed by atoms with Gasteiger partial charge in [0.1, 0.15) is 29.5 Å². The third-order valence-electron chi connectivity index (χ3n) is 11.6. The molecular formula is C45H53N7O6S. The summed E-state index contributed by atoms with van der Waals surface area (Å²) in [5.74, 6) is 1.22. The number of rotatable bonds is 12. The van der Waals surface area contributed by atoms with Crippen molar-refractivity contribution in [1.82, 2.24) is 27.9 Å². The molecule has 0 radical (unpaired) electrons. The molecule has 2 aromatic heterocycles. The van der Waals surface area contributed by atoms with Gasteiger partial charge in [-0.05, 0) is 74.1 Å². The first-order valence-electron chi connectivity index (χ1n) is 20.3. The van der Waals surface area contributed by atoms with E-state index in [9.17, 15) is 13.2 Å². The zero-order valence-electron chi connectivity index (χ0n) is 34.6. The number of methoxy groups -OCH3 is 1. The van der Waals surface area contributed by atoms with Crippen molar-refractivity contribution >= 4 is 43.5 Å². The first-order valence-corrected chi connectivity index (χ1v) is 21.7. The summed E-state index contributed by atoms with van der Waals surface area (Å²) >= 11 is 0. The summed E-state index contributed by atoms with van der Waals surface area (Å²) in [6.45, 7) is 5.00. The molecule has 13 nitrogen and oxygen atoms in total. The molecule has 0 atom stereocenters. The zero-order valence-corrected chi connectivity index (χ0v) is 35.4. The third-order valence-corrected chi connectivity index (χ3v) is 13.5. The Morgan fingerprint density at radius 3 is 2.32 bits per heavy atom. The lowest BCUT2D eigenvalue weighted by Crippen LogP contribution is -2.51. The van der Waals surface area contributed by atoms with Crippen LogP contribution in [0.25, 0.3) is 32.8 Å². The first-order chi connectivity index (χ1) is 28.5. The SMILES string of the molecule is COC(=O)c1c(CCCOc2cccc3ccccc23)c2cccc3c2n1CCCN(C)Cc1c-3c(COc2ccc(N3CCN(S(=O)(=O)N(C)C)CC3)cc2)nn1C. The minimum Gasteiger partial charge on any atom is -0.493 e. The van der Waals surface area contributed by atoms with E-state index in [4.69, 9.17) is 19.3 Å². The van der Waals surface area contributed by atoms with Crippen LogP contribution >= 0.6 is 0 Å². The standard InChI is InChI=1S/C45H53N7O6S/c1-47(2)59(54,55)51-27-25-50(26-28-51)33-19-21-34(22-20-33)58-31-39-42-38-16-9-15-36-37(17-10-29-57-41-18-8-13-32-12-6-7-14-35(32)41)44(45(53)56-5)52(43(36)38)24-11-23-48(3)30-40(42)49(4)46-39/h6-9,12-16,18-22H,10-11,17,23-31H2,1-5H3. The Balaban J connectivity index is 1.07. The maximum absolute atomic E-state index is 13.8. The molecule has 310 valence electrons. The number of anilines is 1. The Bertz CT molecular complexity index is 2570. The molecule has 59 heavy (non-hydrogen) atoms. The number of hydrogen-bond donors (Lipinski definition) is 0. The minimum atomic E-state index is -3.43. The average molecular weight is 820 g/mol. The van der Waals surface area contributed by atoms with Crippen LogP contribution < -0.4 is 14.4 Å². The zero-order chi connectivity index (χ0) is 41.3. The van der Waals surface area contributed by atoms with Gasteiger partial charge in [-0.1, -0.05) is 54.6 Å². The summed E-state index contributed by atoms with van der Waals surface area (Å²) in [5.41, 5.74) is 7.47. The van der Waals surface area contributed by atoms with Crippen LogP contribution in [0.3, 0.4) is 0 Å². The molecule has 14 heteroatoms. The highest BCUT2D eigenvalue weighted by atomic mass is 32.2. The van der Waals surface area contributed by atoms with Crippen LogP contribution in [0, 0.1) is 0 Å². The lowest BCUT2D eigenvalue weighted by atomic mass is 9.97. The highest BCUT2D eigenvalue weighted by Gasteiger charge is 2.31. The van der Waals surface area contributed by atoms with E-state index >= 15 is 0 Å². The number of benzene rings is 4. The third kappa shape index (κ3) is 8.01. The van der Waals surface area contributed by atoms with Crippen LogP contribution in [-0.2, 0) is 48.1 Å². The number of para-hydroxylation sites is 1. The summed E-state index contributed by atoms with van der Waals surface area (Å²) in [6, 6.07) is 28.6. The predicted octanol–water partition coefficient (Wildman–Crippen LogP) is 6.34. The number of ether oxygens (including phenoxy) is 3. The fourth-order valence-electron chi connectivity index (χ4n) is 8.60. The number of nitrogens with zero attached hydrogens (tertiary/aromatic N) is 7. The normalized spacial score (nSPS) is 15.5. The average Bonchev–Trinajstić information content (AvgIpc) is 3.74. The van der Waals surface area contributed by atoms with E-state index < -0.39 is 10.2 Å². The van der Waals surface area contributed by atoms with Crippen molar-refractivity contribution < 1.29 is 27.4 Å². The summed E-state index contributed by atoms with van der Waals surface area (Å²) in [4.78, 5) is 18.3. The van der Waals surface area contributed by atoms with Crippen molar-refractivity contribution in [2.45, 2.75) is 39.0 Å². The van der Waals surface area contributed by atoms with Gasteiger partial charge < -0.3 is 28.6 Å². The number of hydrogen-bond acceptors (Lipinski definition) is 9. The van der Waals surface area contributed by atoms with Gasteiger partial charge in [-0.25, -0.2) is 4.79 Å². The second-order valence-corrected chi connectivity index (χ2v) is 17.7. The summed E-state index contributed by atoms with van der Waals surface area (Å²) in [7, 11) is 5.26. The van der Waals surface area contributed by atoms with E-state index in [-0.39, 0.29) is 12.6 Å². The molecule has 4 aromatic carbocycles. The smallest absolute Gasteiger partial charge is 0.354 e.